The van der Waals surface area contributed by atoms with Gasteiger partial charge >= 0.3 is 0 Å². The average Bonchev–Trinajstić information content (AvgIpc) is 2.66. The Balaban J connectivity index is 2.57. The summed E-state index contributed by atoms with van der Waals surface area (Å²) in [5, 5.41) is 3.65. The molecule has 21 heavy (non-hydrogen) atoms. The van der Waals surface area contributed by atoms with Crippen LogP contribution < -0.4 is 5.32 Å². The van der Waals surface area contributed by atoms with E-state index in [0.717, 1.165) is 44.8 Å². The maximum atomic E-state index is 12.4. The molecule has 124 valence electrons. The monoisotopic (exact) mass is 296 g/mol. The molecule has 0 aromatic rings. The maximum Gasteiger partial charge on any atom is 0.222 e. The molecule has 0 aliphatic carbocycles. The van der Waals surface area contributed by atoms with E-state index in [2.05, 4.69) is 37.9 Å². The van der Waals surface area contributed by atoms with E-state index in [1.54, 1.807) is 0 Å². The number of likely N-dealkylation sites (tertiary alicyclic amines) is 1. The Hall–Kier alpha value is -0.570. The fourth-order valence-corrected chi connectivity index (χ4v) is 3.28. The molecule has 1 rings (SSSR count). The van der Waals surface area contributed by atoms with Gasteiger partial charge in [0, 0.05) is 25.6 Å². The smallest absolute Gasteiger partial charge is 0.222 e. The average molecular weight is 296 g/mol. The molecule has 1 aliphatic heterocycles. The van der Waals surface area contributed by atoms with Crippen molar-refractivity contribution in [3.8, 4) is 0 Å². The lowest BCUT2D eigenvalue weighted by Crippen LogP contribution is -2.47. The predicted octanol–water partition coefficient (Wildman–Crippen LogP) is 3.83. The highest BCUT2D eigenvalue weighted by molar-refractivity contribution is 5.76. The highest BCUT2D eigenvalue weighted by atomic mass is 16.2. The van der Waals surface area contributed by atoms with E-state index in [-0.39, 0.29) is 0 Å². The molecule has 1 heterocycles. The first-order valence-electron chi connectivity index (χ1n) is 9.13. The second-order valence-corrected chi connectivity index (χ2v) is 6.77. The van der Waals surface area contributed by atoms with Crippen LogP contribution in [0.2, 0.25) is 0 Å². The number of nitrogens with zero attached hydrogens (tertiary/aromatic N) is 1. The Labute approximate surface area is 131 Å². The fraction of sp³-hybridized carbons (Fsp3) is 0.944. The van der Waals surface area contributed by atoms with Gasteiger partial charge in [-0.1, -0.05) is 47.0 Å². The van der Waals surface area contributed by atoms with Gasteiger partial charge in [-0.3, -0.25) is 4.79 Å². The molecule has 0 saturated carbocycles. The molecule has 1 saturated heterocycles. The summed E-state index contributed by atoms with van der Waals surface area (Å²) in [4.78, 5) is 14.5. The third-order valence-corrected chi connectivity index (χ3v) is 5.03. The van der Waals surface area contributed by atoms with Crippen molar-refractivity contribution >= 4 is 5.91 Å². The molecule has 1 aliphatic rings. The van der Waals surface area contributed by atoms with Gasteiger partial charge in [-0.2, -0.15) is 0 Å². The SMILES string of the molecule is CCCNC(CN1CCC(CCC)CCC1=O)C(C)CC. The van der Waals surface area contributed by atoms with E-state index in [0.29, 0.717) is 17.9 Å². The summed E-state index contributed by atoms with van der Waals surface area (Å²) >= 11 is 0. The first kappa shape index (κ1) is 18.5. The molecule has 0 radical (unpaired) electrons. The predicted molar refractivity (Wildman–Crippen MR) is 90.4 cm³/mol. The second kappa shape index (κ2) is 10.2. The van der Waals surface area contributed by atoms with Crippen molar-refractivity contribution in [2.75, 3.05) is 19.6 Å². The molecule has 0 aromatic carbocycles. The Morgan fingerprint density at radius 1 is 1.24 bits per heavy atom. The number of nitrogens with one attached hydrogen (secondary N) is 1. The quantitative estimate of drug-likeness (QED) is 0.701. The summed E-state index contributed by atoms with van der Waals surface area (Å²) in [5.74, 6) is 1.76. The fourth-order valence-electron chi connectivity index (χ4n) is 3.28. The van der Waals surface area contributed by atoms with E-state index in [4.69, 9.17) is 0 Å². The van der Waals surface area contributed by atoms with Crippen molar-refractivity contribution in [3.63, 3.8) is 0 Å². The lowest BCUT2D eigenvalue weighted by Gasteiger charge is -2.31. The summed E-state index contributed by atoms with van der Waals surface area (Å²) in [7, 11) is 0. The molecular weight excluding hydrogens is 260 g/mol. The first-order chi connectivity index (χ1) is 10.1. The van der Waals surface area contributed by atoms with Gasteiger partial charge in [0.15, 0.2) is 0 Å². The van der Waals surface area contributed by atoms with Gasteiger partial charge < -0.3 is 10.2 Å². The second-order valence-electron chi connectivity index (χ2n) is 6.77. The van der Waals surface area contributed by atoms with Gasteiger partial charge in [-0.15, -0.1) is 0 Å². The van der Waals surface area contributed by atoms with Crippen LogP contribution in [0, 0.1) is 11.8 Å². The van der Waals surface area contributed by atoms with Gasteiger partial charge in [0.1, 0.15) is 0 Å². The van der Waals surface area contributed by atoms with Crippen molar-refractivity contribution in [1.29, 1.82) is 0 Å². The normalized spacial score (nSPS) is 23.0. The van der Waals surface area contributed by atoms with Crippen LogP contribution in [0.1, 0.15) is 72.6 Å². The summed E-state index contributed by atoms with van der Waals surface area (Å²) in [6, 6.07) is 0.446. The van der Waals surface area contributed by atoms with Crippen molar-refractivity contribution < 1.29 is 4.79 Å². The van der Waals surface area contributed by atoms with Crippen molar-refractivity contribution in [2.45, 2.75) is 78.7 Å². The Morgan fingerprint density at radius 3 is 2.62 bits per heavy atom. The molecular formula is C18H36N2O. The zero-order chi connectivity index (χ0) is 15.7. The number of carbonyl (C=O) groups is 1. The van der Waals surface area contributed by atoms with Gasteiger partial charge in [0.2, 0.25) is 5.91 Å². The topological polar surface area (TPSA) is 32.3 Å². The Bertz CT molecular complexity index is 293. The van der Waals surface area contributed by atoms with Crippen molar-refractivity contribution in [2.24, 2.45) is 11.8 Å². The van der Waals surface area contributed by atoms with Crippen LogP contribution >= 0.6 is 0 Å². The number of amides is 1. The molecule has 3 atom stereocenters. The van der Waals surface area contributed by atoms with Crippen LogP contribution in [0.5, 0.6) is 0 Å². The highest BCUT2D eigenvalue weighted by Crippen LogP contribution is 2.23. The van der Waals surface area contributed by atoms with Crippen molar-refractivity contribution in [1.82, 2.24) is 10.2 Å². The molecule has 1 fully saturated rings. The maximum absolute atomic E-state index is 12.4. The zero-order valence-electron chi connectivity index (χ0n) is 14.7. The minimum absolute atomic E-state index is 0.375. The third-order valence-electron chi connectivity index (χ3n) is 5.03. The van der Waals surface area contributed by atoms with Gasteiger partial charge in [0.05, 0.1) is 0 Å². The van der Waals surface area contributed by atoms with Crippen LogP contribution in [0.3, 0.4) is 0 Å². The van der Waals surface area contributed by atoms with E-state index >= 15 is 0 Å². The highest BCUT2D eigenvalue weighted by Gasteiger charge is 2.25. The number of hydrogen-bond donors (Lipinski definition) is 1. The molecule has 0 bridgehead atoms. The largest absolute Gasteiger partial charge is 0.341 e. The van der Waals surface area contributed by atoms with Crippen LogP contribution in [-0.2, 0) is 4.79 Å². The van der Waals surface area contributed by atoms with Gasteiger partial charge in [-0.25, -0.2) is 0 Å². The lowest BCUT2D eigenvalue weighted by atomic mass is 9.96. The van der Waals surface area contributed by atoms with E-state index < -0.39 is 0 Å². The lowest BCUT2D eigenvalue weighted by molar-refractivity contribution is -0.131. The molecule has 3 unspecified atom stereocenters. The standard InChI is InChI=1S/C18H36N2O/c1-5-8-16-9-10-18(21)20(13-11-16)14-17(15(4)7-3)19-12-6-2/h15-17,19H,5-14H2,1-4H3. The van der Waals surface area contributed by atoms with Crippen molar-refractivity contribution in [3.05, 3.63) is 0 Å². The summed E-state index contributed by atoms with van der Waals surface area (Å²) in [5.41, 5.74) is 0. The van der Waals surface area contributed by atoms with E-state index in [1.807, 2.05) is 0 Å². The minimum Gasteiger partial charge on any atom is -0.341 e. The minimum atomic E-state index is 0.375. The van der Waals surface area contributed by atoms with Crippen LogP contribution in [0.4, 0.5) is 0 Å². The third kappa shape index (κ3) is 6.37. The van der Waals surface area contributed by atoms with E-state index in [9.17, 15) is 4.79 Å². The van der Waals surface area contributed by atoms with Crippen LogP contribution in [0.25, 0.3) is 0 Å². The zero-order valence-corrected chi connectivity index (χ0v) is 14.7. The summed E-state index contributed by atoms with van der Waals surface area (Å²) in [6.45, 7) is 11.9. The van der Waals surface area contributed by atoms with Crippen LogP contribution in [-0.4, -0.2) is 36.5 Å². The summed E-state index contributed by atoms with van der Waals surface area (Å²) in [6.07, 6.45) is 7.89. The number of carbonyl (C=O) groups excluding carboxylic acids is 1. The molecule has 3 heteroatoms. The van der Waals surface area contributed by atoms with Crippen LogP contribution in [0.15, 0.2) is 0 Å². The van der Waals surface area contributed by atoms with E-state index in [1.165, 1.54) is 25.7 Å². The Morgan fingerprint density at radius 2 is 2.00 bits per heavy atom. The number of hydrogen-bond acceptors (Lipinski definition) is 2. The van der Waals surface area contributed by atoms with Gasteiger partial charge in [0.25, 0.3) is 0 Å². The molecule has 1 amide bonds. The molecule has 1 N–H and O–H groups in total. The number of rotatable bonds is 9. The molecule has 3 nitrogen and oxygen atoms in total. The molecule has 0 spiro atoms. The van der Waals surface area contributed by atoms with Gasteiger partial charge in [-0.05, 0) is 37.6 Å². The Kier molecular flexibility index (Phi) is 8.98. The summed E-state index contributed by atoms with van der Waals surface area (Å²) < 4.78 is 0. The molecule has 0 aromatic heterocycles. The first-order valence-corrected chi connectivity index (χ1v) is 9.13.